The maximum absolute atomic E-state index is 5.61. The fourth-order valence-electron chi connectivity index (χ4n) is 2.01. The normalized spacial score (nSPS) is 11.4. The molecule has 0 radical (unpaired) electrons. The van der Waals surface area contributed by atoms with Crippen molar-refractivity contribution in [2.75, 3.05) is 5.32 Å². The molecule has 3 N–H and O–H groups in total. The van der Waals surface area contributed by atoms with Gasteiger partial charge in [0, 0.05) is 17.8 Å². The molecule has 0 aliphatic rings. The number of benzene rings is 2. The summed E-state index contributed by atoms with van der Waals surface area (Å²) in [5.74, 6) is 0. The molecule has 0 fully saturated rings. The van der Waals surface area contributed by atoms with Crippen LogP contribution in [0.15, 0.2) is 48.5 Å². The highest BCUT2D eigenvalue weighted by molar-refractivity contribution is 5.66. The van der Waals surface area contributed by atoms with Crippen molar-refractivity contribution in [3.8, 4) is 11.1 Å². The molecule has 0 amide bonds. The van der Waals surface area contributed by atoms with E-state index in [1.54, 1.807) is 0 Å². The maximum Gasteiger partial charge on any atom is 0.0344 e. The molecule has 2 nitrogen and oxygen atoms in total. The maximum atomic E-state index is 5.61. The van der Waals surface area contributed by atoms with E-state index in [0.717, 1.165) is 11.3 Å². The molecular formula is C17H22N2. The van der Waals surface area contributed by atoms with Crippen LogP contribution in [-0.2, 0) is 6.54 Å². The van der Waals surface area contributed by atoms with Crippen LogP contribution in [0.25, 0.3) is 11.1 Å². The number of nitrogens with one attached hydrogen (secondary N) is 1. The largest absolute Gasteiger partial charge is 0.380 e. The molecule has 0 heterocycles. The first-order valence-electron chi connectivity index (χ1n) is 6.65. The summed E-state index contributed by atoms with van der Waals surface area (Å²) in [6.07, 6.45) is 0. The quantitative estimate of drug-likeness (QED) is 0.868. The third-order valence-corrected chi connectivity index (χ3v) is 2.93. The van der Waals surface area contributed by atoms with Gasteiger partial charge in [0.2, 0.25) is 0 Å². The second-order valence-electron chi connectivity index (χ2n) is 5.85. The van der Waals surface area contributed by atoms with Gasteiger partial charge in [0.05, 0.1) is 0 Å². The Morgan fingerprint density at radius 1 is 0.842 bits per heavy atom. The van der Waals surface area contributed by atoms with Gasteiger partial charge in [0.1, 0.15) is 0 Å². The average molecular weight is 254 g/mol. The predicted molar refractivity (Wildman–Crippen MR) is 83.1 cm³/mol. The highest BCUT2D eigenvalue weighted by Crippen LogP contribution is 2.23. The van der Waals surface area contributed by atoms with E-state index in [1.807, 2.05) is 0 Å². The fraction of sp³-hybridized carbons (Fsp3) is 0.294. The number of hydrogen-bond acceptors (Lipinski definition) is 2. The van der Waals surface area contributed by atoms with Crippen LogP contribution in [0.2, 0.25) is 0 Å². The Kier molecular flexibility index (Phi) is 3.91. The average Bonchev–Trinajstić information content (AvgIpc) is 2.38. The molecular weight excluding hydrogens is 232 g/mol. The summed E-state index contributed by atoms with van der Waals surface area (Å²) >= 11 is 0. The smallest absolute Gasteiger partial charge is 0.0344 e. The van der Waals surface area contributed by atoms with Gasteiger partial charge in [-0.25, -0.2) is 0 Å². The molecule has 0 atom stereocenters. The summed E-state index contributed by atoms with van der Waals surface area (Å²) in [5, 5.41) is 3.46. The Morgan fingerprint density at radius 3 is 1.74 bits per heavy atom. The fourth-order valence-corrected chi connectivity index (χ4v) is 2.01. The van der Waals surface area contributed by atoms with E-state index in [2.05, 4.69) is 74.6 Å². The van der Waals surface area contributed by atoms with Gasteiger partial charge in [-0.15, -0.1) is 0 Å². The van der Waals surface area contributed by atoms with Crippen LogP contribution in [-0.4, -0.2) is 5.54 Å². The molecule has 0 aliphatic heterocycles. The summed E-state index contributed by atoms with van der Waals surface area (Å²) in [5.41, 5.74) is 10.5. The Balaban J connectivity index is 2.17. The molecule has 0 aliphatic carbocycles. The summed E-state index contributed by atoms with van der Waals surface area (Å²) in [6, 6.07) is 16.9. The van der Waals surface area contributed by atoms with E-state index in [4.69, 9.17) is 5.73 Å². The molecule has 19 heavy (non-hydrogen) atoms. The summed E-state index contributed by atoms with van der Waals surface area (Å²) in [7, 11) is 0. The third-order valence-electron chi connectivity index (χ3n) is 2.93. The highest BCUT2D eigenvalue weighted by atomic mass is 14.9. The van der Waals surface area contributed by atoms with Crippen molar-refractivity contribution in [2.45, 2.75) is 32.9 Å². The minimum Gasteiger partial charge on any atom is -0.380 e. The SMILES string of the molecule is CC(C)(C)Nc1ccc(-c2ccc(CN)cc2)cc1. The predicted octanol–water partition coefficient (Wildman–Crippen LogP) is 4.02. The van der Waals surface area contributed by atoms with E-state index >= 15 is 0 Å². The minimum absolute atomic E-state index is 0.0876. The molecule has 0 spiro atoms. The minimum atomic E-state index is 0.0876. The van der Waals surface area contributed by atoms with E-state index in [9.17, 15) is 0 Å². The van der Waals surface area contributed by atoms with E-state index in [0.29, 0.717) is 6.54 Å². The Morgan fingerprint density at radius 2 is 1.32 bits per heavy atom. The lowest BCUT2D eigenvalue weighted by Crippen LogP contribution is -2.25. The lowest BCUT2D eigenvalue weighted by atomic mass is 10.0. The van der Waals surface area contributed by atoms with E-state index in [1.165, 1.54) is 11.1 Å². The molecule has 0 saturated carbocycles. The van der Waals surface area contributed by atoms with Gasteiger partial charge in [-0.3, -0.25) is 0 Å². The van der Waals surface area contributed by atoms with Crippen LogP contribution < -0.4 is 11.1 Å². The van der Waals surface area contributed by atoms with Gasteiger partial charge in [-0.2, -0.15) is 0 Å². The molecule has 100 valence electrons. The van der Waals surface area contributed by atoms with Crippen molar-refractivity contribution in [1.29, 1.82) is 0 Å². The van der Waals surface area contributed by atoms with Crippen molar-refractivity contribution in [2.24, 2.45) is 5.73 Å². The number of rotatable bonds is 3. The van der Waals surface area contributed by atoms with Crippen molar-refractivity contribution in [1.82, 2.24) is 0 Å². The Labute approximate surface area is 115 Å². The molecule has 2 heteroatoms. The summed E-state index contributed by atoms with van der Waals surface area (Å²) < 4.78 is 0. The van der Waals surface area contributed by atoms with Gasteiger partial charge >= 0.3 is 0 Å². The van der Waals surface area contributed by atoms with Crippen LogP contribution in [0.5, 0.6) is 0 Å². The van der Waals surface area contributed by atoms with Gasteiger partial charge in [0.15, 0.2) is 0 Å². The Hall–Kier alpha value is -1.80. The van der Waals surface area contributed by atoms with E-state index < -0.39 is 0 Å². The molecule has 0 unspecified atom stereocenters. The van der Waals surface area contributed by atoms with Crippen LogP contribution in [0.3, 0.4) is 0 Å². The van der Waals surface area contributed by atoms with Crippen molar-refractivity contribution in [3.63, 3.8) is 0 Å². The van der Waals surface area contributed by atoms with Crippen LogP contribution >= 0.6 is 0 Å². The van der Waals surface area contributed by atoms with Crippen molar-refractivity contribution < 1.29 is 0 Å². The molecule has 2 aromatic rings. The standard InChI is InChI=1S/C17H22N2/c1-17(2,3)19-16-10-8-15(9-11-16)14-6-4-13(12-18)5-7-14/h4-11,19H,12,18H2,1-3H3. The van der Waals surface area contributed by atoms with Gasteiger partial charge in [-0.05, 0) is 49.6 Å². The third kappa shape index (κ3) is 3.83. The van der Waals surface area contributed by atoms with Crippen molar-refractivity contribution in [3.05, 3.63) is 54.1 Å². The molecule has 0 saturated heterocycles. The van der Waals surface area contributed by atoms with Gasteiger partial charge in [0.25, 0.3) is 0 Å². The van der Waals surface area contributed by atoms with E-state index in [-0.39, 0.29) is 5.54 Å². The molecule has 2 rings (SSSR count). The molecule has 2 aromatic carbocycles. The zero-order chi connectivity index (χ0) is 13.9. The van der Waals surface area contributed by atoms with Gasteiger partial charge in [-0.1, -0.05) is 36.4 Å². The number of hydrogen-bond donors (Lipinski definition) is 2. The molecule has 0 aromatic heterocycles. The number of nitrogens with two attached hydrogens (primary N) is 1. The van der Waals surface area contributed by atoms with Crippen LogP contribution in [0, 0.1) is 0 Å². The number of anilines is 1. The second kappa shape index (κ2) is 5.45. The molecule has 0 bridgehead atoms. The van der Waals surface area contributed by atoms with Crippen LogP contribution in [0.4, 0.5) is 5.69 Å². The second-order valence-corrected chi connectivity index (χ2v) is 5.85. The summed E-state index contributed by atoms with van der Waals surface area (Å²) in [6.45, 7) is 7.07. The Bertz CT molecular complexity index is 519. The van der Waals surface area contributed by atoms with Crippen molar-refractivity contribution >= 4 is 5.69 Å². The zero-order valence-corrected chi connectivity index (χ0v) is 11.9. The first-order chi connectivity index (χ1) is 8.98. The van der Waals surface area contributed by atoms with Crippen LogP contribution in [0.1, 0.15) is 26.3 Å². The topological polar surface area (TPSA) is 38.0 Å². The summed E-state index contributed by atoms with van der Waals surface area (Å²) in [4.78, 5) is 0. The lowest BCUT2D eigenvalue weighted by Gasteiger charge is -2.22. The first-order valence-corrected chi connectivity index (χ1v) is 6.65. The van der Waals surface area contributed by atoms with Gasteiger partial charge < -0.3 is 11.1 Å². The monoisotopic (exact) mass is 254 g/mol. The lowest BCUT2D eigenvalue weighted by molar-refractivity contribution is 0.634. The zero-order valence-electron chi connectivity index (χ0n) is 11.9. The highest BCUT2D eigenvalue weighted by Gasteiger charge is 2.08. The first kappa shape index (κ1) is 13.6.